The Kier molecular flexibility index (Phi) is 5.55. The molecule has 170 valence electrons. The van der Waals surface area contributed by atoms with E-state index in [2.05, 4.69) is 4.98 Å². The number of nitrogens with zero attached hydrogens (tertiary/aromatic N) is 3. The van der Waals surface area contributed by atoms with E-state index in [1.54, 1.807) is 0 Å². The molecule has 0 bridgehead atoms. The number of amides is 1. The van der Waals surface area contributed by atoms with Crippen LogP contribution in [0.15, 0.2) is 58.6 Å². The molecule has 4 rings (SSSR count). The van der Waals surface area contributed by atoms with Crippen LogP contribution in [0.2, 0.25) is 0 Å². The van der Waals surface area contributed by atoms with E-state index in [1.165, 1.54) is 17.0 Å². The number of pyridine rings is 1. The van der Waals surface area contributed by atoms with Crippen LogP contribution >= 0.6 is 0 Å². The summed E-state index contributed by atoms with van der Waals surface area (Å²) < 4.78 is 77.7. The van der Waals surface area contributed by atoms with Crippen molar-refractivity contribution in [1.29, 1.82) is 0 Å². The van der Waals surface area contributed by atoms with Crippen LogP contribution in [0.3, 0.4) is 0 Å². The lowest BCUT2D eigenvalue weighted by atomic mass is 10.1. The number of carbonyl (C=O) groups is 1. The zero-order chi connectivity index (χ0) is 23.3. The smallest absolute Gasteiger partial charge is 0.378 e. The standard InChI is InChI=1S/C20H17F4N3O4S/c21-15-3-1-12(2-4-15)18(28)19(29)26-8-13-10-27(11-14(13)9-26)32(30,31)16-5-6-17(25-7-16)20(22,23)24/h1-7,18,28H,8-11H2/t18-/m1/s1. The topological polar surface area (TPSA) is 90.8 Å². The van der Waals surface area contributed by atoms with Crippen LogP contribution in [0, 0.1) is 5.82 Å². The molecule has 12 heteroatoms. The summed E-state index contributed by atoms with van der Waals surface area (Å²) in [7, 11) is -4.07. The first-order valence-electron chi connectivity index (χ1n) is 9.42. The monoisotopic (exact) mass is 471 g/mol. The van der Waals surface area contributed by atoms with Crippen molar-refractivity contribution in [2.75, 3.05) is 26.2 Å². The number of aromatic nitrogens is 1. The van der Waals surface area contributed by atoms with E-state index in [4.69, 9.17) is 0 Å². The Balaban J connectivity index is 1.41. The summed E-state index contributed by atoms with van der Waals surface area (Å²) in [5, 5.41) is 10.3. The van der Waals surface area contributed by atoms with Crippen LogP contribution in [-0.4, -0.2) is 59.8 Å². The van der Waals surface area contributed by atoms with Crippen molar-refractivity contribution in [3.8, 4) is 0 Å². The molecule has 1 aromatic carbocycles. The second kappa shape index (κ2) is 7.94. The highest BCUT2D eigenvalue weighted by atomic mass is 32.2. The predicted molar refractivity (Wildman–Crippen MR) is 103 cm³/mol. The van der Waals surface area contributed by atoms with Gasteiger partial charge >= 0.3 is 6.18 Å². The zero-order valence-electron chi connectivity index (χ0n) is 16.4. The first-order valence-corrected chi connectivity index (χ1v) is 10.9. The molecule has 2 aliphatic rings. The molecule has 1 amide bonds. The summed E-state index contributed by atoms with van der Waals surface area (Å²) in [5.41, 5.74) is 0.427. The first kappa shape index (κ1) is 22.4. The molecule has 3 heterocycles. The number of hydrogen-bond acceptors (Lipinski definition) is 5. The van der Waals surface area contributed by atoms with E-state index in [9.17, 15) is 35.9 Å². The summed E-state index contributed by atoms with van der Waals surface area (Å²) in [6.45, 7) is 0.192. The van der Waals surface area contributed by atoms with Crippen LogP contribution in [0.1, 0.15) is 17.4 Å². The van der Waals surface area contributed by atoms with Crippen molar-refractivity contribution in [1.82, 2.24) is 14.2 Å². The number of halogens is 4. The fourth-order valence-corrected chi connectivity index (χ4v) is 5.06. The lowest BCUT2D eigenvalue weighted by Gasteiger charge is -2.24. The van der Waals surface area contributed by atoms with E-state index >= 15 is 0 Å². The number of hydrogen-bond donors (Lipinski definition) is 1. The molecule has 0 saturated heterocycles. The van der Waals surface area contributed by atoms with Gasteiger partial charge in [0.15, 0.2) is 6.10 Å². The average molecular weight is 471 g/mol. The summed E-state index contributed by atoms with van der Waals surface area (Å²) in [6, 6.07) is 6.35. The van der Waals surface area contributed by atoms with Crippen LogP contribution in [0.25, 0.3) is 0 Å². The molecule has 7 nitrogen and oxygen atoms in total. The second-order valence-corrected chi connectivity index (χ2v) is 9.44. The fourth-order valence-electron chi connectivity index (χ4n) is 3.68. The number of rotatable bonds is 4. The number of sulfonamides is 1. The Morgan fingerprint density at radius 1 is 1.00 bits per heavy atom. The molecule has 32 heavy (non-hydrogen) atoms. The van der Waals surface area contributed by atoms with Gasteiger partial charge in [-0.1, -0.05) is 12.1 Å². The van der Waals surface area contributed by atoms with Gasteiger partial charge in [0.05, 0.1) is 0 Å². The minimum absolute atomic E-state index is 0.0187. The van der Waals surface area contributed by atoms with Crippen LogP contribution in [-0.2, 0) is 21.0 Å². The van der Waals surface area contributed by atoms with Gasteiger partial charge in [-0.05, 0) is 41.0 Å². The van der Waals surface area contributed by atoms with Crippen molar-refractivity contribution >= 4 is 15.9 Å². The Labute approximate surface area is 180 Å². The highest BCUT2D eigenvalue weighted by molar-refractivity contribution is 7.89. The van der Waals surface area contributed by atoms with Gasteiger partial charge in [-0.2, -0.15) is 17.5 Å². The Bertz CT molecular complexity index is 1160. The molecule has 2 aliphatic heterocycles. The molecule has 1 atom stereocenters. The van der Waals surface area contributed by atoms with E-state index in [1.807, 2.05) is 0 Å². The maximum absolute atomic E-state index is 13.0. The summed E-state index contributed by atoms with van der Waals surface area (Å²) in [4.78, 5) is 16.8. The van der Waals surface area contributed by atoms with E-state index in [0.717, 1.165) is 22.5 Å². The molecule has 0 aliphatic carbocycles. The minimum Gasteiger partial charge on any atom is -0.378 e. The van der Waals surface area contributed by atoms with Crippen molar-refractivity contribution in [3.05, 3.63) is 70.8 Å². The fraction of sp³-hybridized carbons (Fsp3) is 0.300. The first-order chi connectivity index (χ1) is 15.0. The molecule has 1 aromatic heterocycles. The van der Waals surface area contributed by atoms with Gasteiger partial charge in [-0.25, -0.2) is 12.8 Å². The van der Waals surface area contributed by atoms with Crippen molar-refractivity contribution < 1.29 is 35.9 Å². The summed E-state index contributed by atoms with van der Waals surface area (Å²) in [5.74, 6) is -1.09. The third-order valence-corrected chi connectivity index (χ3v) is 7.17. The number of benzene rings is 1. The molecule has 0 saturated carbocycles. The normalized spacial score (nSPS) is 18.2. The maximum Gasteiger partial charge on any atom is 0.433 e. The van der Waals surface area contributed by atoms with Crippen LogP contribution in [0.5, 0.6) is 0 Å². The molecule has 0 radical (unpaired) electrons. The second-order valence-electron chi connectivity index (χ2n) is 7.51. The van der Waals surface area contributed by atoms with Gasteiger partial charge in [-0.3, -0.25) is 9.78 Å². The number of aliphatic hydroxyl groups is 1. The summed E-state index contributed by atoms with van der Waals surface area (Å²) in [6.07, 6.45) is -5.47. The molecule has 2 aromatic rings. The van der Waals surface area contributed by atoms with Gasteiger partial charge < -0.3 is 10.0 Å². The van der Waals surface area contributed by atoms with Crippen molar-refractivity contribution in [2.24, 2.45) is 0 Å². The molecule has 1 N–H and O–H groups in total. The van der Waals surface area contributed by atoms with Crippen molar-refractivity contribution in [2.45, 2.75) is 17.2 Å². The van der Waals surface area contributed by atoms with E-state index in [0.29, 0.717) is 23.4 Å². The lowest BCUT2D eigenvalue weighted by Crippen LogP contribution is -2.38. The Morgan fingerprint density at radius 2 is 1.59 bits per heavy atom. The molecular formula is C20H17F4N3O4S. The molecule has 0 unspecified atom stereocenters. The molecular weight excluding hydrogens is 454 g/mol. The third kappa shape index (κ3) is 4.12. The summed E-state index contributed by atoms with van der Waals surface area (Å²) >= 11 is 0. The minimum atomic E-state index is -4.67. The predicted octanol–water partition coefficient (Wildman–Crippen LogP) is 2.12. The highest BCUT2D eigenvalue weighted by Gasteiger charge is 2.39. The third-order valence-electron chi connectivity index (χ3n) is 5.39. The maximum atomic E-state index is 13.0. The van der Waals surface area contributed by atoms with Crippen LogP contribution in [0.4, 0.5) is 17.6 Å². The van der Waals surface area contributed by atoms with Gasteiger partial charge in [0, 0.05) is 32.4 Å². The highest BCUT2D eigenvalue weighted by Crippen LogP contribution is 2.32. The van der Waals surface area contributed by atoms with E-state index < -0.39 is 39.7 Å². The van der Waals surface area contributed by atoms with Crippen molar-refractivity contribution in [3.63, 3.8) is 0 Å². The van der Waals surface area contributed by atoms with Gasteiger partial charge in [-0.15, -0.1) is 0 Å². The Morgan fingerprint density at radius 3 is 2.09 bits per heavy atom. The Hall–Kier alpha value is -2.83. The quantitative estimate of drug-likeness (QED) is 0.545. The lowest BCUT2D eigenvalue weighted by molar-refractivity contribution is -0.141. The van der Waals surface area contributed by atoms with Gasteiger partial charge in [0.1, 0.15) is 16.4 Å². The molecule has 0 fully saturated rings. The largest absolute Gasteiger partial charge is 0.433 e. The number of carbonyl (C=O) groups excluding carboxylic acids is 1. The average Bonchev–Trinajstić information content (AvgIpc) is 3.33. The zero-order valence-corrected chi connectivity index (χ0v) is 17.2. The SMILES string of the molecule is O=C([C@H](O)c1ccc(F)cc1)N1CC2=C(C1)CN(S(=O)(=O)c1ccc(C(F)(F)F)nc1)C2. The number of alkyl halides is 3. The van der Waals surface area contributed by atoms with Gasteiger partial charge in [0.25, 0.3) is 5.91 Å². The van der Waals surface area contributed by atoms with Crippen LogP contribution < -0.4 is 0 Å². The number of aliphatic hydroxyl groups excluding tert-OH is 1. The van der Waals surface area contributed by atoms with Gasteiger partial charge in [0.2, 0.25) is 10.0 Å². The van der Waals surface area contributed by atoms with E-state index in [-0.39, 0.29) is 36.6 Å². The molecule has 0 spiro atoms.